The summed E-state index contributed by atoms with van der Waals surface area (Å²) in [6, 6.07) is 0. The van der Waals surface area contributed by atoms with Gasteiger partial charge >= 0.3 is 0 Å². The molecule has 0 radical (unpaired) electrons. The molecule has 0 aromatic heterocycles. The summed E-state index contributed by atoms with van der Waals surface area (Å²) in [6.45, 7) is 5.49. The van der Waals surface area contributed by atoms with Gasteiger partial charge in [-0.05, 0) is 56.5 Å². The van der Waals surface area contributed by atoms with Gasteiger partial charge in [-0.3, -0.25) is 4.79 Å². The fourth-order valence-electron chi connectivity index (χ4n) is 3.18. The van der Waals surface area contributed by atoms with Crippen LogP contribution in [0.4, 0.5) is 0 Å². The summed E-state index contributed by atoms with van der Waals surface area (Å²) in [5.74, 6) is 2.43. The van der Waals surface area contributed by atoms with Crippen molar-refractivity contribution >= 4 is 5.91 Å². The van der Waals surface area contributed by atoms with E-state index in [9.17, 15) is 4.79 Å². The maximum atomic E-state index is 12.2. The average molecular weight is 252 g/mol. The van der Waals surface area contributed by atoms with Crippen molar-refractivity contribution in [1.29, 1.82) is 0 Å². The van der Waals surface area contributed by atoms with Crippen molar-refractivity contribution in [2.75, 3.05) is 26.7 Å². The second-order valence-electron chi connectivity index (χ2n) is 6.34. The molecule has 1 aliphatic carbocycles. The van der Waals surface area contributed by atoms with Crippen molar-refractivity contribution in [3.8, 4) is 0 Å². The molecule has 1 aliphatic heterocycles. The Labute approximate surface area is 111 Å². The van der Waals surface area contributed by atoms with Crippen LogP contribution in [0.3, 0.4) is 0 Å². The van der Waals surface area contributed by atoms with Gasteiger partial charge in [-0.25, -0.2) is 0 Å². The average Bonchev–Trinajstić information content (AvgIpc) is 2.34. The van der Waals surface area contributed by atoms with Crippen LogP contribution in [0.5, 0.6) is 0 Å². The van der Waals surface area contributed by atoms with Crippen LogP contribution in [-0.2, 0) is 4.79 Å². The molecule has 3 heteroatoms. The third-order valence-electron chi connectivity index (χ3n) is 4.87. The van der Waals surface area contributed by atoms with Crippen LogP contribution in [0, 0.1) is 17.8 Å². The van der Waals surface area contributed by atoms with Crippen molar-refractivity contribution in [2.45, 2.75) is 45.4 Å². The minimum absolute atomic E-state index is 0.355. The molecule has 0 spiro atoms. The van der Waals surface area contributed by atoms with Crippen LogP contribution in [0.2, 0.25) is 0 Å². The number of nitrogens with one attached hydrogen (secondary N) is 1. The molecule has 1 saturated heterocycles. The highest BCUT2D eigenvalue weighted by Crippen LogP contribution is 2.28. The Balaban J connectivity index is 1.71. The summed E-state index contributed by atoms with van der Waals surface area (Å²) >= 11 is 0. The van der Waals surface area contributed by atoms with Gasteiger partial charge in [-0.1, -0.05) is 13.3 Å². The van der Waals surface area contributed by atoms with E-state index < -0.39 is 0 Å². The minimum Gasteiger partial charge on any atom is -0.345 e. The molecule has 0 bridgehead atoms. The zero-order valence-electron chi connectivity index (χ0n) is 12.0. The van der Waals surface area contributed by atoms with Gasteiger partial charge in [0.15, 0.2) is 0 Å². The second-order valence-corrected chi connectivity index (χ2v) is 6.34. The highest BCUT2D eigenvalue weighted by molar-refractivity contribution is 5.76. The predicted molar refractivity (Wildman–Crippen MR) is 74.4 cm³/mol. The third kappa shape index (κ3) is 3.71. The molecular weight excluding hydrogens is 224 g/mol. The van der Waals surface area contributed by atoms with Crippen LogP contribution in [-0.4, -0.2) is 37.5 Å². The Hall–Kier alpha value is -0.570. The lowest BCUT2D eigenvalue weighted by atomic mass is 9.83. The second kappa shape index (κ2) is 6.55. The molecule has 18 heavy (non-hydrogen) atoms. The first-order valence-electron chi connectivity index (χ1n) is 7.61. The number of hydrogen-bond acceptors (Lipinski definition) is 2. The van der Waals surface area contributed by atoms with Gasteiger partial charge in [0.1, 0.15) is 0 Å². The molecule has 1 saturated carbocycles. The quantitative estimate of drug-likeness (QED) is 0.814. The Kier molecular flexibility index (Phi) is 5.04. The molecule has 104 valence electrons. The zero-order valence-corrected chi connectivity index (χ0v) is 12.0. The van der Waals surface area contributed by atoms with Crippen molar-refractivity contribution < 1.29 is 4.79 Å². The SMILES string of the molecule is CC(CC(=O)N(C)CC1CCC1)C1CCNCC1. The van der Waals surface area contributed by atoms with E-state index in [1.165, 1.54) is 32.1 Å². The van der Waals surface area contributed by atoms with E-state index >= 15 is 0 Å². The van der Waals surface area contributed by atoms with E-state index in [0.717, 1.165) is 37.9 Å². The number of nitrogens with zero attached hydrogens (tertiary/aromatic N) is 1. The van der Waals surface area contributed by atoms with E-state index in [2.05, 4.69) is 12.2 Å². The largest absolute Gasteiger partial charge is 0.345 e. The smallest absolute Gasteiger partial charge is 0.222 e. The molecule has 1 N–H and O–H groups in total. The lowest BCUT2D eigenvalue weighted by Crippen LogP contribution is -2.37. The predicted octanol–water partition coefficient (Wildman–Crippen LogP) is 2.27. The first kappa shape index (κ1) is 13.9. The van der Waals surface area contributed by atoms with E-state index in [-0.39, 0.29) is 0 Å². The van der Waals surface area contributed by atoms with Crippen molar-refractivity contribution in [1.82, 2.24) is 10.2 Å². The summed E-state index contributed by atoms with van der Waals surface area (Å²) in [7, 11) is 1.98. The van der Waals surface area contributed by atoms with E-state index in [1.54, 1.807) is 0 Å². The third-order valence-corrected chi connectivity index (χ3v) is 4.87. The van der Waals surface area contributed by atoms with Crippen molar-refractivity contribution in [3.05, 3.63) is 0 Å². The fourth-order valence-corrected chi connectivity index (χ4v) is 3.18. The molecular formula is C15H28N2O. The number of piperidine rings is 1. The summed E-state index contributed by atoms with van der Waals surface area (Å²) in [4.78, 5) is 14.2. The minimum atomic E-state index is 0.355. The Bertz CT molecular complexity index is 270. The molecule has 2 aliphatic rings. The van der Waals surface area contributed by atoms with Crippen LogP contribution >= 0.6 is 0 Å². The maximum Gasteiger partial charge on any atom is 0.222 e. The summed E-state index contributed by atoms with van der Waals surface area (Å²) in [5, 5.41) is 3.39. The molecule has 3 nitrogen and oxygen atoms in total. The molecule has 2 rings (SSSR count). The van der Waals surface area contributed by atoms with E-state index in [1.807, 2.05) is 11.9 Å². The van der Waals surface area contributed by atoms with Crippen molar-refractivity contribution in [2.24, 2.45) is 17.8 Å². The lowest BCUT2D eigenvalue weighted by molar-refractivity contribution is -0.132. The van der Waals surface area contributed by atoms with Gasteiger partial charge in [0.05, 0.1) is 0 Å². The molecule has 1 amide bonds. The molecule has 1 unspecified atom stereocenters. The lowest BCUT2D eigenvalue weighted by Gasteiger charge is -2.32. The number of carbonyl (C=O) groups excluding carboxylic acids is 1. The van der Waals surface area contributed by atoms with Crippen LogP contribution in [0.1, 0.15) is 45.4 Å². The van der Waals surface area contributed by atoms with E-state index in [4.69, 9.17) is 0 Å². The highest BCUT2D eigenvalue weighted by atomic mass is 16.2. The Morgan fingerprint density at radius 2 is 1.94 bits per heavy atom. The summed E-state index contributed by atoms with van der Waals surface area (Å²) in [6.07, 6.45) is 7.22. The van der Waals surface area contributed by atoms with Gasteiger partial charge < -0.3 is 10.2 Å². The fraction of sp³-hybridized carbons (Fsp3) is 0.933. The van der Waals surface area contributed by atoms with Gasteiger partial charge in [-0.2, -0.15) is 0 Å². The number of rotatable bonds is 5. The first-order valence-corrected chi connectivity index (χ1v) is 7.61. The maximum absolute atomic E-state index is 12.2. The zero-order chi connectivity index (χ0) is 13.0. The Morgan fingerprint density at radius 1 is 1.28 bits per heavy atom. The number of amides is 1. The molecule has 1 atom stereocenters. The summed E-state index contributed by atoms with van der Waals surface area (Å²) < 4.78 is 0. The molecule has 2 fully saturated rings. The topological polar surface area (TPSA) is 32.3 Å². The van der Waals surface area contributed by atoms with Crippen LogP contribution in [0.25, 0.3) is 0 Å². The van der Waals surface area contributed by atoms with Crippen molar-refractivity contribution in [3.63, 3.8) is 0 Å². The molecule has 1 heterocycles. The summed E-state index contributed by atoms with van der Waals surface area (Å²) in [5.41, 5.74) is 0. The van der Waals surface area contributed by atoms with Gasteiger partial charge in [-0.15, -0.1) is 0 Å². The molecule has 0 aromatic carbocycles. The number of carbonyl (C=O) groups is 1. The van der Waals surface area contributed by atoms with Crippen LogP contribution < -0.4 is 5.32 Å². The van der Waals surface area contributed by atoms with Gasteiger partial charge in [0.2, 0.25) is 5.91 Å². The van der Waals surface area contributed by atoms with E-state index in [0.29, 0.717) is 11.8 Å². The highest BCUT2D eigenvalue weighted by Gasteiger charge is 2.25. The standard InChI is InChI=1S/C15H28N2O/c1-12(14-6-8-16-9-7-14)10-15(18)17(2)11-13-4-3-5-13/h12-14,16H,3-11H2,1-2H3. The van der Waals surface area contributed by atoms with Crippen LogP contribution in [0.15, 0.2) is 0 Å². The van der Waals surface area contributed by atoms with Gasteiger partial charge in [0.25, 0.3) is 0 Å². The normalized spacial score (nSPS) is 23.4. The number of hydrogen-bond donors (Lipinski definition) is 1. The molecule has 0 aromatic rings. The first-order chi connectivity index (χ1) is 8.66. The monoisotopic (exact) mass is 252 g/mol. The Morgan fingerprint density at radius 3 is 2.50 bits per heavy atom. The van der Waals surface area contributed by atoms with Gasteiger partial charge in [0, 0.05) is 20.0 Å².